The number of benzene rings is 2. The Morgan fingerprint density at radius 1 is 1.00 bits per heavy atom. The minimum absolute atomic E-state index is 0.119. The maximum atomic E-state index is 12.6. The van der Waals surface area contributed by atoms with Crippen LogP contribution in [0.4, 0.5) is 13.2 Å². The summed E-state index contributed by atoms with van der Waals surface area (Å²) < 4.78 is 38.8. The van der Waals surface area contributed by atoms with Gasteiger partial charge in [0, 0.05) is 3.57 Å². The zero-order valence-corrected chi connectivity index (χ0v) is 12.9. The molecule has 1 nitrogen and oxygen atoms in total. The second-order valence-corrected chi connectivity index (χ2v) is 5.64. The van der Waals surface area contributed by atoms with E-state index < -0.39 is 11.7 Å². The standard InChI is InChI=1S/C15H13F3IN/c1-20-14(11-3-2-4-13(19)9-11)10-5-7-12(8-6-10)15(16,17)18/h2-9,14,20H,1H3. The predicted octanol–water partition coefficient (Wildman–Crippen LogP) is 4.62. The first-order chi connectivity index (χ1) is 9.41. The maximum absolute atomic E-state index is 12.6. The van der Waals surface area contributed by atoms with Gasteiger partial charge in [0.1, 0.15) is 0 Å². The fourth-order valence-electron chi connectivity index (χ4n) is 2.08. The summed E-state index contributed by atoms with van der Waals surface area (Å²) >= 11 is 2.21. The summed E-state index contributed by atoms with van der Waals surface area (Å²) in [6.07, 6.45) is -4.30. The molecule has 0 saturated carbocycles. The van der Waals surface area contributed by atoms with Crippen LogP contribution in [0, 0.1) is 3.57 Å². The quantitative estimate of drug-likeness (QED) is 0.754. The van der Waals surface area contributed by atoms with E-state index >= 15 is 0 Å². The monoisotopic (exact) mass is 391 g/mol. The van der Waals surface area contributed by atoms with Crippen LogP contribution in [0.15, 0.2) is 48.5 Å². The highest BCUT2D eigenvalue weighted by atomic mass is 127. The molecule has 20 heavy (non-hydrogen) atoms. The van der Waals surface area contributed by atoms with E-state index in [9.17, 15) is 13.2 Å². The molecule has 106 valence electrons. The first-order valence-electron chi connectivity index (χ1n) is 6.01. The maximum Gasteiger partial charge on any atom is 0.416 e. The van der Waals surface area contributed by atoms with Gasteiger partial charge in [0.15, 0.2) is 0 Å². The summed E-state index contributed by atoms with van der Waals surface area (Å²) in [5, 5.41) is 3.14. The molecule has 5 heteroatoms. The van der Waals surface area contributed by atoms with Gasteiger partial charge in [-0.3, -0.25) is 0 Å². The van der Waals surface area contributed by atoms with Crippen LogP contribution in [0.2, 0.25) is 0 Å². The van der Waals surface area contributed by atoms with E-state index in [-0.39, 0.29) is 6.04 Å². The van der Waals surface area contributed by atoms with Gasteiger partial charge in [-0.2, -0.15) is 13.2 Å². The molecule has 0 heterocycles. The Kier molecular flexibility index (Phi) is 4.70. The minimum atomic E-state index is -4.30. The van der Waals surface area contributed by atoms with Crippen LogP contribution >= 0.6 is 22.6 Å². The largest absolute Gasteiger partial charge is 0.416 e. The summed E-state index contributed by atoms with van der Waals surface area (Å²) in [7, 11) is 1.79. The molecule has 0 spiro atoms. The summed E-state index contributed by atoms with van der Waals surface area (Å²) in [4.78, 5) is 0. The van der Waals surface area contributed by atoms with Crippen LogP contribution in [0.1, 0.15) is 22.7 Å². The van der Waals surface area contributed by atoms with Crippen LogP contribution in [0.3, 0.4) is 0 Å². The number of halogens is 4. The molecule has 1 unspecified atom stereocenters. The lowest BCUT2D eigenvalue weighted by Crippen LogP contribution is -2.18. The van der Waals surface area contributed by atoms with E-state index in [4.69, 9.17) is 0 Å². The van der Waals surface area contributed by atoms with Crippen LogP contribution in [-0.4, -0.2) is 7.05 Å². The van der Waals surface area contributed by atoms with Crippen molar-refractivity contribution in [2.24, 2.45) is 0 Å². The Labute approximate surface area is 129 Å². The third-order valence-electron chi connectivity index (χ3n) is 3.04. The van der Waals surface area contributed by atoms with Crippen molar-refractivity contribution in [1.82, 2.24) is 5.32 Å². The summed E-state index contributed by atoms with van der Waals surface area (Å²) in [6, 6.07) is 13.0. The van der Waals surface area contributed by atoms with E-state index in [0.29, 0.717) is 0 Å². The Bertz CT molecular complexity index is 578. The lowest BCUT2D eigenvalue weighted by Gasteiger charge is -2.18. The van der Waals surface area contributed by atoms with Crippen LogP contribution < -0.4 is 5.32 Å². The molecule has 0 aliphatic rings. The minimum Gasteiger partial charge on any atom is -0.309 e. The van der Waals surface area contributed by atoms with Crippen LogP contribution in [0.25, 0.3) is 0 Å². The number of rotatable bonds is 3. The second kappa shape index (κ2) is 6.13. The zero-order chi connectivity index (χ0) is 14.8. The second-order valence-electron chi connectivity index (χ2n) is 4.40. The van der Waals surface area contributed by atoms with Gasteiger partial charge in [-0.25, -0.2) is 0 Å². The molecule has 2 aromatic rings. The van der Waals surface area contributed by atoms with E-state index in [1.165, 1.54) is 12.1 Å². The highest BCUT2D eigenvalue weighted by Gasteiger charge is 2.30. The summed E-state index contributed by atoms with van der Waals surface area (Å²) in [6.45, 7) is 0. The first-order valence-corrected chi connectivity index (χ1v) is 7.09. The number of alkyl halides is 3. The topological polar surface area (TPSA) is 12.0 Å². The molecule has 0 amide bonds. The Balaban J connectivity index is 2.33. The highest BCUT2D eigenvalue weighted by molar-refractivity contribution is 14.1. The van der Waals surface area contributed by atoms with Crippen molar-refractivity contribution < 1.29 is 13.2 Å². The summed E-state index contributed by atoms with van der Waals surface area (Å²) in [5.74, 6) is 0. The van der Waals surface area contributed by atoms with Crippen LogP contribution in [0.5, 0.6) is 0 Å². The molecule has 0 radical (unpaired) electrons. The van der Waals surface area contributed by atoms with E-state index in [1.807, 2.05) is 24.3 Å². The van der Waals surface area contributed by atoms with Crippen molar-refractivity contribution in [2.45, 2.75) is 12.2 Å². The lowest BCUT2D eigenvalue weighted by molar-refractivity contribution is -0.137. The van der Waals surface area contributed by atoms with Gasteiger partial charge < -0.3 is 5.32 Å². The molecular weight excluding hydrogens is 378 g/mol. The summed E-state index contributed by atoms with van der Waals surface area (Å²) in [5.41, 5.74) is 1.21. The van der Waals surface area contributed by atoms with Crippen molar-refractivity contribution in [3.8, 4) is 0 Å². The van der Waals surface area contributed by atoms with Gasteiger partial charge in [-0.1, -0.05) is 24.3 Å². The fourth-order valence-corrected chi connectivity index (χ4v) is 2.64. The van der Waals surface area contributed by atoms with Crippen molar-refractivity contribution in [2.75, 3.05) is 7.05 Å². The molecule has 0 aliphatic carbocycles. The molecule has 1 atom stereocenters. The Hall–Kier alpha value is -1.08. The fraction of sp³-hybridized carbons (Fsp3) is 0.200. The van der Waals surface area contributed by atoms with Gasteiger partial charge in [0.05, 0.1) is 11.6 Å². The first kappa shape index (κ1) is 15.3. The van der Waals surface area contributed by atoms with Gasteiger partial charge in [0.2, 0.25) is 0 Å². The number of nitrogens with one attached hydrogen (secondary N) is 1. The number of hydrogen-bond donors (Lipinski definition) is 1. The lowest BCUT2D eigenvalue weighted by atomic mass is 9.98. The van der Waals surface area contributed by atoms with Gasteiger partial charge >= 0.3 is 6.18 Å². The Morgan fingerprint density at radius 3 is 2.15 bits per heavy atom. The highest BCUT2D eigenvalue weighted by Crippen LogP contribution is 2.31. The van der Waals surface area contributed by atoms with Crippen molar-refractivity contribution >= 4 is 22.6 Å². The van der Waals surface area contributed by atoms with Gasteiger partial charge in [0.25, 0.3) is 0 Å². The molecule has 0 aromatic heterocycles. The average Bonchev–Trinajstić information content (AvgIpc) is 2.39. The van der Waals surface area contributed by atoms with Crippen molar-refractivity contribution in [1.29, 1.82) is 0 Å². The zero-order valence-electron chi connectivity index (χ0n) is 10.7. The molecule has 0 aliphatic heterocycles. The van der Waals surface area contributed by atoms with E-state index in [0.717, 1.165) is 26.8 Å². The SMILES string of the molecule is CNC(c1ccc(C(F)(F)F)cc1)c1cccc(I)c1. The molecular formula is C15H13F3IN. The molecule has 1 N–H and O–H groups in total. The van der Waals surface area contributed by atoms with Crippen LogP contribution in [-0.2, 0) is 6.18 Å². The van der Waals surface area contributed by atoms with Gasteiger partial charge in [-0.05, 0) is 65.0 Å². The Morgan fingerprint density at radius 2 is 1.65 bits per heavy atom. The normalized spacial score (nSPS) is 13.2. The van der Waals surface area contributed by atoms with Crippen molar-refractivity contribution in [3.05, 3.63) is 68.8 Å². The van der Waals surface area contributed by atoms with E-state index in [1.54, 1.807) is 7.05 Å². The molecule has 2 rings (SSSR count). The smallest absolute Gasteiger partial charge is 0.309 e. The van der Waals surface area contributed by atoms with E-state index in [2.05, 4.69) is 27.9 Å². The molecule has 0 fully saturated rings. The molecule has 2 aromatic carbocycles. The van der Waals surface area contributed by atoms with Crippen molar-refractivity contribution in [3.63, 3.8) is 0 Å². The third kappa shape index (κ3) is 3.52. The molecule has 0 saturated heterocycles. The number of hydrogen-bond acceptors (Lipinski definition) is 1. The average molecular weight is 391 g/mol. The predicted molar refractivity (Wildman–Crippen MR) is 81.5 cm³/mol. The third-order valence-corrected chi connectivity index (χ3v) is 3.71. The molecule has 0 bridgehead atoms. The van der Waals surface area contributed by atoms with Gasteiger partial charge in [-0.15, -0.1) is 0 Å².